The van der Waals surface area contributed by atoms with E-state index in [1.54, 1.807) is 10.9 Å². The van der Waals surface area contributed by atoms with Gasteiger partial charge >= 0.3 is 5.97 Å². The first kappa shape index (κ1) is 9.51. The lowest BCUT2D eigenvalue weighted by Gasteiger charge is -2.10. The van der Waals surface area contributed by atoms with E-state index in [4.69, 9.17) is 0 Å². The van der Waals surface area contributed by atoms with Crippen molar-refractivity contribution in [1.29, 1.82) is 0 Å². The maximum absolute atomic E-state index is 11.1. The highest BCUT2D eigenvalue weighted by Crippen LogP contribution is 2.43. The van der Waals surface area contributed by atoms with E-state index in [0.717, 1.165) is 18.6 Å². The third-order valence-corrected chi connectivity index (χ3v) is 3.08. The van der Waals surface area contributed by atoms with Crippen molar-refractivity contribution in [2.24, 2.45) is 0 Å². The molecule has 2 rings (SSSR count). The van der Waals surface area contributed by atoms with E-state index in [1.807, 2.05) is 0 Å². The summed E-state index contributed by atoms with van der Waals surface area (Å²) in [6.07, 6.45) is 3.70. The zero-order valence-corrected chi connectivity index (χ0v) is 8.70. The zero-order chi connectivity index (χ0) is 10.2. The topological polar surface area (TPSA) is 57.0 Å². The monoisotopic (exact) mass is 213 g/mol. The molecule has 1 fully saturated rings. The summed E-state index contributed by atoms with van der Waals surface area (Å²) in [4.78, 5) is 11.1. The normalized spacial score (nSPS) is 17.9. The molecule has 76 valence electrons. The first-order valence-corrected chi connectivity index (χ1v) is 4.97. The Morgan fingerprint density at radius 2 is 2.50 bits per heavy atom. The minimum atomic E-state index is -0.453. The fourth-order valence-electron chi connectivity index (χ4n) is 1.30. The van der Waals surface area contributed by atoms with Crippen LogP contribution in [0.2, 0.25) is 0 Å². The second-order valence-corrected chi connectivity index (χ2v) is 3.74. The Labute approximate surface area is 86.8 Å². The first-order chi connectivity index (χ1) is 6.72. The number of hydrogen-bond acceptors (Lipinski definition) is 5. The van der Waals surface area contributed by atoms with Crippen LogP contribution in [0.5, 0.6) is 0 Å². The van der Waals surface area contributed by atoms with Gasteiger partial charge in [-0.2, -0.15) is 12.6 Å². The number of ether oxygens (including phenoxy) is 1. The summed E-state index contributed by atoms with van der Waals surface area (Å²) in [5, 5.41) is 7.65. The van der Waals surface area contributed by atoms with E-state index in [1.165, 1.54) is 7.11 Å². The molecule has 0 aromatic carbocycles. The molecule has 0 atom stereocenters. The third-order valence-electron chi connectivity index (χ3n) is 2.50. The lowest BCUT2D eigenvalue weighted by molar-refractivity contribution is 0.0594. The molecule has 6 heteroatoms. The van der Waals surface area contributed by atoms with Crippen molar-refractivity contribution >= 4 is 18.6 Å². The minimum absolute atomic E-state index is 0.0115. The first-order valence-electron chi connectivity index (χ1n) is 4.34. The van der Waals surface area contributed by atoms with Gasteiger partial charge in [0.2, 0.25) is 0 Å². The molecule has 1 aliphatic rings. The molecule has 0 amide bonds. The number of rotatable bonds is 3. The van der Waals surface area contributed by atoms with Gasteiger partial charge in [0.15, 0.2) is 5.69 Å². The van der Waals surface area contributed by atoms with E-state index in [0.29, 0.717) is 0 Å². The van der Waals surface area contributed by atoms with Gasteiger partial charge < -0.3 is 4.74 Å². The van der Waals surface area contributed by atoms with Gasteiger partial charge in [-0.3, -0.25) is 0 Å². The molecule has 5 nitrogen and oxygen atoms in total. The van der Waals surface area contributed by atoms with Crippen LogP contribution in [0.25, 0.3) is 0 Å². The van der Waals surface area contributed by atoms with Crippen molar-refractivity contribution in [2.75, 3.05) is 12.9 Å². The Bertz CT molecular complexity index is 359. The molecule has 0 spiro atoms. The van der Waals surface area contributed by atoms with Gasteiger partial charge in [0.05, 0.1) is 18.8 Å². The number of hydrogen-bond donors (Lipinski definition) is 1. The number of esters is 1. The molecule has 0 saturated heterocycles. The molecular weight excluding hydrogens is 202 g/mol. The van der Waals surface area contributed by atoms with Gasteiger partial charge in [-0.05, 0) is 12.8 Å². The van der Waals surface area contributed by atoms with Gasteiger partial charge in [-0.1, -0.05) is 5.21 Å². The van der Waals surface area contributed by atoms with Crippen molar-refractivity contribution in [2.45, 2.75) is 18.4 Å². The fraction of sp³-hybridized carbons (Fsp3) is 0.625. The van der Waals surface area contributed by atoms with Crippen molar-refractivity contribution in [1.82, 2.24) is 15.0 Å². The summed E-state index contributed by atoms with van der Waals surface area (Å²) in [7, 11) is 1.33. The molecule has 1 saturated carbocycles. The maximum Gasteiger partial charge on any atom is 0.360 e. The number of methoxy groups -OCH3 is 1. The molecule has 0 N–H and O–H groups in total. The van der Waals surface area contributed by atoms with Crippen LogP contribution in [-0.4, -0.2) is 33.8 Å². The lowest BCUT2D eigenvalue weighted by atomic mass is 10.3. The van der Waals surface area contributed by atoms with Gasteiger partial charge in [-0.25, -0.2) is 9.48 Å². The molecule has 1 heterocycles. The second kappa shape index (κ2) is 3.27. The average Bonchev–Trinajstić information content (AvgIpc) is 2.87. The van der Waals surface area contributed by atoms with Crippen LogP contribution in [0.15, 0.2) is 6.20 Å². The van der Waals surface area contributed by atoms with Crippen molar-refractivity contribution < 1.29 is 9.53 Å². The van der Waals surface area contributed by atoms with Crippen LogP contribution in [0.1, 0.15) is 23.3 Å². The predicted octanol–water partition coefficient (Wildman–Crippen LogP) is 0.484. The highest BCUT2D eigenvalue weighted by Gasteiger charge is 2.44. The summed E-state index contributed by atoms with van der Waals surface area (Å²) in [5.41, 5.74) is 0.239. The minimum Gasteiger partial charge on any atom is -0.464 e. The number of nitrogens with zero attached hydrogens (tertiary/aromatic N) is 3. The molecule has 14 heavy (non-hydrogen) atoms. The number of carbonyl (C=O) groups excluding carboxylic acids is 1. The molecular formula is C8H11N3O2S. The smallest absolute Gasteiger partial charge is 0.360 e. The van der Waals surface area contributed by atoms with Crippen molar-refractivity contribution in [3.05, 3.63) is 11.9 Å². The van der Waals surface area contributed by atoms with Gasteiger partial charge in [0.1, 0.15) is 0 Å². The van der Waals surface area contributed by atoms with E-state index >= 15 is 0 Å². The Morgan fingerprint density at radius 3 is 3.00 bits per heavy atom. The van der Waals surface area contributed by atoms with Crippen LogP contribution >= 0.6 is 12.6 Å². The summed E-state index contributed by atoms with van der Waals surface area (Å²) in [6, 6.07) is 0. The maximum atomic E-state index is 11.1. The Morgan fingerprint density at radius 1 is 1.79 bits per heavy atom. The van der Waals surface area contributed by atoms with Gasteiger partial charge in [0.25, 0.3) is 0 Å². The van der Waals surface area contributed by atoms with Crippen LogP contribution < -0.4 is 0 Å². The molecule has 0 aliphatic heterocycles. The summed E-state index contributed by atoms with van der Waals surface area (Å²) >= 11 is 4.25. The molecule has 1 aromatic rings. The Hall–Kier alpha value is -1.04. The van der Waals surface area contributed by atoms with Crippen molar-refractivity contribution in [3.8, 4) is 0 Å². The average molecular weight is 213 g/mol. The number of carbonyl (C=O) groups is 1. The van der Waals surface area contributed by atoms with Crippen molar-refractivity contribution in [3.63, 3.8) is 0 Å². The number of aromatic nitrogens is 3. The van der Waals surface area contributed by atoms with Crippen LogP contribution in [-0.2, 0) is 10.3 Å². The van der Waals surface area contributed by atoms with Gasteiger partial charge in [-0.15, -0.1) is 5.10 Å². The second-order valence-electron chi connectivity index (χ2n) is 3.42. The standard InChI is InChI=1S/C8H11N3O2S/c1-13-7(12)6-4-11(10-9-6)8(5-14)2-3-8/h4,14H,2-3,5H2,1H3. The van der Waals surface area contributed by atoms with E-state index < -0.39 is 5.97 Å². The summed E-state index contributed by atoms with van der Waals surface area (Å²) < 4.78 is 6.26. The van der Waals surface area contributed by atoms with E-state index in [-0.39, 0.29) is 11.2 Å². The predicted molar refractivity (Wildman–Crippen MR) is 52.4 cm³/mol. The van der Waals surface area contributed by atoms with Crippen LogP contribution in [0, 0.1) is 0 Å². The van der Waals surface area contributed by atoms with E-state index in [2.05, 4.69) is 27.7 Å². The molecule has 1 aromatic heterocycles. The SMILES string of the molecule is COC(=O)c1cn(C2(CS)CC2)nn1. The zero-order valence-electron chi connectivity index (χ0n) is 7.80. The molecule has 0 radical (unpaired) electrons. The lowest BCUT2D eigenvalue weighted by Crippen LogP contribution is -2.19. The van der Waals surface area contributed by atoms with Gasteiger partial charge in [0, 0.05) is 5.75 Å². The highest BCUT2D eigenvalue weighted by molar-refractivity contribution is 7.80. The molecule has 0 bridgehead atoms. The molecule has 1 aliphatic carbocycles. The van der Waals surface area contributed by atoms with Crippen LogP contribution in [0.4, 0.5) is 0 Å². The fourth-order valence-corrected chi connectivity index (χ4v) is 1.76. The molecule has 0 unspecified atom stereocenters. The Kier molecular flexibility index (Phi) is 2.22. The largest absolute Gasteiger partial charge is 0.464 e. The summed E-state index contributed by atoms with van der Waals surface area (Å²) in [5.74, 6) is 0.267. The quantitative estimate of drug-likeness (QED) is 0.586. The third kappa shape index (κ3) is 1.39. The highest BCUT2D eigenvalue weighted by atomic mass is 32.1. The number of thiol groups is 1. The Balaban J connectivity index is 2.22. The van der Waals surface area contributed by atoms with Crippen LogP contribution in [0.3, 0.4) is 0 Å². The van der Waals surface area contributed by atoms with E-state index in [9.17, 15) is 4.79 Å². The summed E-state index contributed by atoms with van der Waals surface area (Å²) in [6.45, 7) is 0.